The van der Waals surface area contributed by atoms with E-state index in [-0.39, 0.29) is 12.0 Å². The first-order chi connectivity index (χ1) is 14.7. The molecule has 4 nitrogen and oxygen atoms in total. The number of hydrogen-bond donors (Lipinski definition) is 1. The van der Waals surface area contributed by atoms with Gasteiger partial charge in [-0.05, 0) is 31.4 Å². The van der Waals surface area contributed by atoms with Crippen LogP contribution in [0.4, 0.5) is 22.0 Å². The molecule has 1 heterocycles. The van der Waals surface area contributed by atoms with E-state index in [9.17, 15) is 27.1 Å². The van der Waals surface area contributed by atoms with Gasteiger partial charge in [0.05, 0.1) is 11.8 Å². The number of allylic oxidation sites excluding steroid dienone is 5. The van der Waals surface area contributed by atoms with Gasteiger partial charge in [0.25, 0.3) is 0 Å². The van der Waals surface area contributed by atoms with Crippen LogP contribution in [-0.2, 0) is 12.7 Å². The summed E-state index contributed by atoms with van der Waals surface area (Å²) in [6.07, 6.45) is 2.21. The maximum atomic E-state index is 13.6. The van der Waals surface area contributed by atoms with Gasteiger partial charge in [-0.25, -0.2) is 0 Å². The molecule has 1 aromatic rings. The number of hydrogen-bond acceptors (Lipinski definition) is 3. The lowest BCUT2D eigenvalue weighted by Gasteiger charge is -2.22. The van der Waals surface area contributed by atoms with Crippen LogP contribution in [0.5, 0.6) is 0 Å². The number of nitrogens with zero attached hydrogens (tertiary/aromatic N) is 3. The van der Waals surface area contributed by atoms with E-state index in [1.807, 2.05) is 4.90 Å². The minimum absolute atomic E-state index is 0.225. The number of halogens is 5. The summed E-state index contributed by atoms with van der Waals surface area (Å²) in [5, 5.41) is 14.3. The van der Waals surface area contributed by atoms with Crippen LogP contribution in [0.1, 0.15) is 31.2 Å². The van der Waals surface area contributed by atoms with E-state index >= 15 is 0 Å². The van der Waals surface area contributed by atoms with Crippen molar-refractivity contribution in [1.82, 2.24) is 14.7 Å². The van der Waals surface area contributed by atoms with Crippen LogP contribution in [0.25, 0.3) is 5.57 Å². The summed E-state index contributed by atoms with van der Waals surface area (Å²) < 4.78 is 65.7. The smallest absolute Gasteiger partial charge is 0.384 e. The molecule has 0 fully saturated rings. The van der Waals surface area contributed by atoms with Crippen LogP contribution < -0.4 is 0 Å². The molecule has 176 valence electrons. The number of alkyl halides is 5. The highest BCUT2D eigenvalue weighted by molar-refractivity contribution is 7.17. The first-order valence-corrected chi connectivity index (χ1v) is 10.4. The van der Waals surface area contributed by atoms with Crippen LogP contribution in [-0.4, -0.2) is 45.7 Å². The normalized spacial score (nSPS) is 17.7. The van der Waals surface area contributed by atoms with E-state index in [2.05, 4.69) is 11.7 Å². The fourth-order valence-corrected chi connectivity index (χ4v) is 3.32. The molecule has 0 spiro atoms. The van der Waals surface area contributed by atoms with E-state index < -0.39 is 23.6 Å². The number of aryl methyl sites for hydroxylation is 1. The van der Waals surface area contributed by atoms with E-state index in [1.54, 1.807) is 31.4 Å². The summed E-state index contributed by atoms with van der Waals surface area (Å²) in [6.45, 7) is 5.79. The lowest BCUT2D eigenvalue weighted by atomic mass is 10.1. The molecule has 32 heavy (non-hydrogen) atoms. The lowest BCUT2D eigenvalue weighted by molar-refractivity contribution is -0.0806. The quantitative estimate of drug-likeness (QED) is 0.314. The van der Waals surface area contributed by atoms with Crippen LogP contribution in [0.3, 0.4) is 0 Å². The Kier molecular flexibility index (Phi) is 8.23. The van der Waals surface area contributed by atoms with Gasteiger partial charge >= 0.3 is 11.8 Å². The van der Waals surface area contributed by atoms with Crippen LogP contribution >= 0.6 is 9.24 Å². The molecule has 0 saturated heterocycles. The van der Waals surface area contributed by atoms with Crippen molar-refractivity contribution in [2.45, 2.75) is 37.7 Å². The van der Waals surface area contributed by atoms with Gasteiger partial charge in [-0.3, -0.25) is 4.68 Å². The molecule has 2 unspecified atom stereocenters. The molecular formula is C22H27F5N3OP. The van der Waals surface area contributed by atoms with Gasteiger partial charge in [-0.2, -0.15) is 27.1 Å². The molecule has 2 atom stereocenters. The zero-order chi connectivity index (χ0) is 24.3. The Bertz CT molecular complexity index is 967. The van der Waals surface area contributed by atoms with Crippen molar-refractivity contribution in [3.05, 3.63) is 71.3 Å². The fraction of sp³-hybridized carbons (Fsp3) is 0.409. The Hall–Kier alpha value is -2.25. The van der Waals surface area contributed by atoms with Crippen LogP contribution in [0, 0.1) is 0 Å². The molecule has 0 saturated carbocycles. The standard InChI is InChI=1S/C22H27F5N3OP/c1-14(12-21(23,24)25)5-6-15(2)29(3)13-16-7-9-17(19(31)10-8-16)18-11-20(22(26,27)32)28-30(18)4/h7-12,19,31H,2,5-6,13,32H2,1,3-4H3/b14-12+. The number of likely N-dealkylation sites (N-methyl/N-ethyl adjacent to an activating group) is 1. The van der Waals surface area contributed by atoms with E-state index in [4.69, 9.17) is 0 Å². The molecule has 1 aliphatic rings. The molecule has 1 N–H and O–H groups in total. The van der Waals surface area contributed by atoms with E-state index in [0.29, 0.717) is 36.0 Å². The van der Waals surface area contributed by atoms with Gasteiger partial charge in [-0.15, -0.1) is 0 Å². The molecular weight excluding hydrogens is 448 g/mol. The van der Waals surface area contributed by atoms with Crippen molar-refractivity contribution >= 4 is 14.8 Å². The lowest BCUT2D eigenvalue weighted by Crippen LogP contribution is -2.19. The van der Waals surface area contributed by atoms with Crippen LogP contribution in [0.15, 0.2) is 59.9 Å². The third-order valence-corrected chi connectivity index (χ3v) is 5.28. The van der Waals surface area contributed by atoms with Crippen molar-refractivity contribution in [2.75, 3.05) is 13.6 Å². The average molecular weight is 475 g/mol. The second-order valence-corrected chi connectivity index (χ2v) is 8.51. The maximum Gasteiger partial charge on any atom is 0.409 e. The number of aliphatic hydroxyl groups is 1. The molecule has 0 aliphatic heterocycles. The Morgan fingerprint density at radius 3 is 2.50 bits per heavy atom. The molecule has 0 bridgehead atoms. The third kappa shape index (κ3) is 7.41. The molecule has 0 aromatic carbocycles. The molecule has 0 radical (unpaired) electrons. The number of rotatable bonds is 8. The summed E-state index contributed by atoms with van der Waals surface area (Å²) in [5.41, 5.74) is -1.12. The predicted molar refractivity (Wildman–Crippen MR) is 119 cm³/mol. The monoisotopic (exact) mass is 475 g/mol. The number of aliphatic hydroxyl groups excluding tert-OH is 1. The summed E-state index contributed by atoms with van der Waals surface area (Å²) in [6, 6.07) is 1.24. The third-order valence-electron chi connectivity index (χ3n) is 4.98. The zero-order valence-electron chi connectivity index (χ0n) is 18.1. The van der Waals surface area contributed by atoms with Crippen LogP contribution in [0.2, 0.25) is 0 Å². The summed E-state index contributed by atoms with van der Waals surface area (Å²) >= 11 is 0. The first kappa shape index (κ1) is 26.0. The fourth-order valence-electron chi connectivity index (χ4n) is 3.18. The molecule has 0 amide bonds. The minimum Gasteiger partial charge on any atom is -0.384 e. The van der Waals surface area contributed by atoms with Gasteiger partial charge < -0.3 is 10.0 Å². The first-order valence-electron chi connectivity index (χ1n) is 9.80. The predicted octanol–water partition coefficient (Wildman–Crippen LogP) is 5.32. The molecule has 1 aromatic heterocycles. The molecule has 2 rings (SSSR count). The topological polar surface area (TPSA) is 41.3 Å². The zero-order valence-corrected chi connectivity index (χ0v) is 19.3. The largest absolute Gasteiger partial charge is 0.409 e. The van der Waals surface area contributed by atoms with Gasteiger partial charge in [0.2, 0.25) is 0 Å². The van der Waals surface area contributed by atoms with Gasteiger partial charge in [0, 0.05) is 38.0 Å². The average Bonchev–Trinajstić information content (AvgIpc) is 2.95. The van der Waals surface area contributed by atoms with Gasteiger partial charge in [0.1, 0.15) is 5.69 Å². The van der Waals surface area contributed by atoms with Crippen molar-refractivity contribution < 1.29 is 27.1 Å². The Morgan fingerprint density at radius 2 is 1.94 bits per heavy atom. The Labute approximate surface area is 186 Å². The second kappa shape index (κ2) is 10.1. The maximum absolute atomic E-state index is 13.6. The highest BCUT2D eigenvalue weighted by Crippen LogP contribution is 2.35. The van der Waals surface area contributed by atoms with Crippen molar-refractivity contribution in [1.29, 1.82) is 0 Å². The SMILES string of the molecule is C=C(CC/C(C)=C/C(F)(F)F)N(C)CC1=CC=C(c2cc(C(F)(F)P)nn2C)C(O)C=C1. The molecule has 1 aliphatic carbocycles. The minimum atomic E-state index is -4.33. The van der Waals surface area contributed by atoms with Crippen molar-refractivity contribution in [2.24, 2.45) is 7.05 Å². The highest BCUT2D eigenvalue weighted by atomic mass is 31.0. The Balaban J connectivity index is 2.11. The van der Waals surface area contributed by atoms with Crippen molar-refractivity contribution in [3.63, 3.8) is 0 Å². The van der Waals surface area contributed by atoms with E-state index in [0.717, 1.165) is 5.57 Å². The van der Waals surface area contributed by atoms with Gasteiger partial charge in [-0.1, -0.05) is 45.7 Å². The summed E-state index contributed by atoms with van der Waals surface area (Å²) in [4.78, 5) is 1.82. The van der Waals surface area contributed by atoms with E-state index in [1.165, 1.54) is 34.0 Å². The summed E-state index contributed by atoms with van der Waals surface area (Å²) in [5.74, 6) is 0. The van der Waals surface area contributed by atoms with Crippen molar-refractivity contribution in [3.8, 4) is 0 Å². The number of aromatic nitrogens is 2. The second-order valence-electron chi connectivity index (χ2n) is 7.78. The Morgan fingerprint density at radius 1 is 1.28 bits per heavy atom. The summed E-state index contributed by atoms with van der Waals surface area (Å²) in [7, 11) is 4.74. The highest BCUT2D eigenvalue weighted by Gasteiger charge is 2.30. The van der Waals surface area contributed by atoms with Gasteiger partial charge in [0.15, 0.2) is 0 Å². The molecule has 10 heteroatoms.